The van der Waals surface area contributed by atoms with Crippen LogP contribution in [0.4, 0.5) is 0 Å². The van der Waals surface area contributed by atoms with Crippen LogP contribution in [0.1, 0.15) is 57.5 Å². The van der Waals surface area contributed by atoms with Crippen LogP contribution in [0.5, 0.6) is 11.6 Å². The molecule has 8 nitrogen and oxygen atoms in total. The predicted molar refractivity (Wildman–Crippen MR) is 182 cm³/mol. The lowest BCUT2D eigenvalue weighted by atomic mass is 9.87. The summed E-state index contributed by atoms with van der Waals surface area (Å²) in [4.78, 5) is 10.0. The van der Waals surface area contributed by atoms with Gasteiger partial charge in [-0.3, -0.25) is 4.98 Å². The van der Waals surface area contributed by atoms with Crippen molar-refractivity contribution >= 4 is 22.7 Å². The van der Waals surface area contributed by atoms with Crippen LogP contribution in [0.15, 0.2) is 101 Å². The maximum Gasteiger partial charge on any atom is 0.222 e. The first-order valence-electron chi connectivity index (χ1n) is 15.3. The number of benzene rings is 2. The van der Waals surface area contributed by atoms with Crippen LogP contribution >= 0.6 is 11.8 Å². The van der Waals surface area contributed by atoms with Crippen molar-refractivity contribution in [3.05, 3.63) is 114 Å². The lowest BCUT2D eigenvalue weighted by molar-refractivity contribution is 0.301. The van der Waals surface area contributed by atoms with Gasteiger partial charge in [-0.2, -0.15) is 0 Å². The molecule has 0 amide bonds. The molecule has 0 aliphatic carbocycles. The van der Waals surface area contributed by atoms with Crippen LogP contribution in [0.3, 0.4) is 0 Å². The normalized spacial score (nSPS) is 12.0. The summed E-state index contributed by atoms with van der Waals surface area (Å²) in [6.07, 6.45) is 5.75. The highest BCUT2D eigenvalue weighted by atomic mass is 32.2. The van der Waals surface area contributed by atoms with Gasteiger partial charge in [-0.15, -0.1) is 22.0 Å². The largest absolute Gasteiger partial charge is 0.487 e. The molecular weight excluding hydrogens is 595 g/mol. The number of ether oxygens (including phenoxy) is 2. The zero-order valence-corrected chi connectivity index (χ0v) is 28.0. The number of thioether (sulfide) groups is 1. The third-order valence-corrected chi connectivity index (χ3v) is 9.01. The monoisotopic (exact) mass is 633 g/mol. The van der Waals surface area contributed by atoms with Crippen molar-refractivity contribution in [1.82, 2.24) is 24.7 Å². The van der Waals surface area contributed by atoms with Gasteiger partial charge in [0.1, 0.15) is 12.4 Å². The summed E-state index contributed by atoms with van der Waals surface area (Å²) in [5.74, 6) is 2.03. The summed E-state index contributed by atoms with van der Waals surface area (Å²) >= 11 is 1.88. The number of hydrogen-bond donors (Lipinski definition) is 0. The summed E-state index contributed by atoms with van der Waals surface area (Å²) in [6, 6.07) is 24.9. The second-order valence-corrected chi connectivity index (χ2v) is 14.8. The zero-order chi connectivity index (χ0) is 32.3. The number of rotatable bonds is 11. The molecule has 2 aromatic carbocycles. The maximum atomic E-state index is 6.26. The van der Waals surface area contributed by atoms with E-state index in [1.165, 1.54) is 22.5 Å². The molecule has 0 spiro atoms. The number of pyridine rings is 2. The van der Waals surface area contributed by atoms with E-state index in [4.69, 9.17) is 13.9 Å². The van der Waals surface area contributed by atoms with Crippen LogP contribution in [0.25, 0.3) is 22.0 Å². The molecule has 0 bridgehead atoms. The molecular formula is C37H39N5O3S. The Bertz CT molecular complexity index is 1890. The predicted octanol–water partition coefficient (Wildman–Crippen LogP) is 8.53. The minimum atomic E-state index is -0.390. The van der Waals surface area contributed by atoms with Crippen molar-refractivity contribution < 1.29 is 13.9 Å². The van der Waals surface area contributed by atoms with Crippen molar-refractivity contribution in [2.24, 2.45) is 0 Å². The molecule has 0 aliphatic heterocycles. The number of aromatic nitrogens is 5. The van der Waals surface area contributed by atoms with Gasteiger partial charge in [0.2, 0.25) is 18.2 Å². The Balaban J connectivity index is 1.42. The first-order valence-corrected chi connectivity index (χ1v) is 16.1. The minimum absolute atomic E-state index is 0.0264. The molecule has 6 rings (SSSR count). The molecule has 0 N–H and O–H groups in total. The number of hydrogen-bond acceptors (Lipinski definition) is 8. The Morgan fingerprint density at radius 2 is 1.70 bits per heavy atom. The van der Waals surface area contributed by atoms with Crippen LogP contribution in [-0.2, 0) is 25.0 Å². The summed E-state index contributed by atoms with van der Waals surface area (Å²) in [6.45, 7) is 12.2. The molecule has 9 heteroatoms. The molecule has 0 fully saturated rings. The molecule has 6 aromatic rings. The molecule has 0 unspecified atom stereocenters. The smallest absolute Gasteiger partial charge is 0.222 e. The van der Waals surface area contributed by atoms with E-state index in [-0.39, 0.29) is 10.2 Å². The zero-order valence-electron chi connectivity index (χ0n) is 27.2. The van der Waals surface area contributed by atoms with Gasteiger partial charge in [0.25, 0.3) is 0 Å². The second-order valence-electron chi connectivity index (χ2n) is 13.0. The average molecular weight is 634 g/mol. The topological polar surface area (TPSA) is 88.1 Å². The fourth-order valence-electron chi connectivity index (χ4n) is 5.48. The highest BCUT2D eigenvalue weighted by Gasteiger charge is 2.32. The van der Waals surface area contributed by atoms with E-state index < -0.39 is 0 Å². The Hall–Kier alpha value is -4.63. The highest BCUT2D eigenvalue weighted by Crippen LogP contribution is 2.44. The van der Waals surface area contributed by atoms with Gasteiger partial charge >= 0.3 is 0 Å². The van der Waals surface area contributed by atoms with Gasteiger partial charge in [-0.25, -0.2) is 4.98 Å². The minimum Gasteiger partial charge on any atom is -0.487 e. The maximum absolute atomic E-state index is 6.26. The molecule has 0 saturated heterocycles. The standard InChI is InChI=1S/C37H39N5O3S/c1-36(2,3)46-34-30-19-29(44-23-28-9-7-8-18-38-28)15-16-31(30)42(32(34)20-37(4,5)35-41-40-24-45-35)22-25-10-12-26(13-11-25)27-14-17-33(43-6)39-21-27/h7-19,21,24H,20,22-23H2,1-6H3. The SMILES string of the molecule is COc1ccc(-c2ccc(Cn3c(CC(C)(C)c4nnco4)c(SC(C)(C)C)c4cc(OCc5ccccn5)ccc43)cc2)cn1. The average Bonchev–Trinajstić information content (AvgIpc) is 3.69. The number of methoxy groups -OCH3 is 1. The van der Waals surface area contributed by atoms with Gasteiger partial charge in [0, 0.05) is 68.6 Å². The first kappa shape index (κ1) is 31.4. The summed E-state index contributed by atoms with van der Waals surface area (Å²) in [7, 11) is 1.63. The molecule has 0 radical (unpaired) electrons. The molecule has 46 heavy (non-hydrogen) atoms. The van der Waals surface area contributed by atoms with Crippen molar-refractivity contribution in [3.8, 4) is 22.8 Å². The van der Waals surface area contributed by atoms with Crippen molar-refractivity contribution in [3.63, 3.8) is 0 Å². The number of fused-ring (bicyclic) bond motifs is 1. The van der Waals surface area contributed by atoms with E-state index >= 15 is 0 Å². The Kier molecular flexibility index (Phi) is 8.86. The second kappa shape index (κ2) is 13.0. The van der Waals surface area contributed by atoms with Crippen LogP contribution in [0, 0.1) is 0 Å². The van der Waals surface area contributed by atoms with E-state index in [1.807, 2.05) is 48.3 Å². The third-order valence-electron chi connectivity index (χ3n) is 7.73. The molecule has 4 aromatic heterocycles. The fourth-order valence-corrected chi connectivity index (χ4v) is 6.67. The fraction of sp³-hybridized carbons (Fsp3) is 0.297. The van der Waals surface area contributed by atoms with Crippen molar-refractivity contribution in [1.29, 1.82) is 0 Å². The first-order chi connectivity index (χ1) is 22.1. The third kappa shape index (κ3) is 7.10. The molecule has 0 aliphatic rings. The van der Waals surface area contributed by atoms with E-state index in [0.717, 1.165) is 33.5 Å². The van der Waals surface area contributed by atoms with E-state index in [9.17, 15) is 0 Å². The van der Waals surface area contributed by atoms with E-state index in [1.54, 1.807) is 13.3 Å². The number of nitrogens with zero attached hydrogens (tertiary/aromatic N) is 5. The Morgan fingerprint density at radius 1 is 0.891 bits per heavy atom. The van der Waals surface area contributed by atoms with Gasteiger partial charge in [0.05, 0.1) is 12.8 Å². The van der Waals surface area contributed by atoms with Gasteiger partial charge < -0.3 is 18.5 Å². The molecule has 236 valence electrons. The molecule has 4 heterocycles. The van der Waals surface area contributed by atoms with Gasteiger partial charge in [0.15, 0.2) is 0 Å². The lowest BCUT2D eigenvalue weighted by Gasteiger charge is -2.25. The van der Waals surface area contributed by atoms with Crippen LogP contribution in [0.2, 0.25) is 0 Å². The highest BCUT2D eigenvalue weighted by molar-refractivity contribution is 8.00. The van der Waals surface area contributed by atoms with Crippen LogP contribution in [-0.4, -0.2) is 36.6 Å². The molecule has 0 saturated carbocycles. The Labute approximate surface area is 274 Å². The quantitative estimate of drug-likeness (QED) is 0.131. The summed E-state index contributed by atoms with van der Waals surface area (Å²) in [5, 5.41) is 9.45. The van der Waals surface area contributed by atoms with E-state index in [2.05, 4.69) is 102 Å². The van der Waals surface area contributed by atoms with Crippen molar-refractivity contribution in [2.75, 3.05) is 7.11 Å². The van der Waals surface area contributed by atoms with Gasteiger partial charge in [-0.05, 0) is 47.5 Å². The summed E-state index contributed by atoms with van der Waals surface area (Å²) in [5.41, 5.74) is 6.22. The molecule has 0 atom stereocenters. The Morgan fingerprint density at radius 3 is 2.35 bits per heavy atom. The summed E-state index contributed by atoms with van der Waals surface area (Å²) < 4.78 is 19.6. The van der Waals surface area contributed by atoms with Crippen LogP contribution < -0.4 is 9.47 Å². The van der Waals surface area contributed by atoms with Gasteiger partial charge in [-0.1, -0.05) is 65.0 Å². The van der Waals surface area contributed by atoms with E-state index in [0.29, 0.717) is 31.3 Å². The lowest BCUT2D eigenvalue weighted by Crippen LogP contribution is -2.24. The van der Waals surface area contributed by atoms with Crippen molar-refractivity contribution in [2.45, 2.75) is 69.2 Å².